The van der Waals surface area contributed by atoms with E-state index in [1.165, 1.54) is 30.5 Å². The zero-order valence-corrected chi connectivity index (χ0v) is 17.5. The summed E-state index contributed by atoms with van der Waals surface area (Å²) in [5.41, 5.74) is 3.59. The zero-order chi connectivity index (χ0) is 23.6. The second-order valence-electron chi connectivity index (χ2n) is 6.61. The first-order valence-corrected chi connectivity index (χ1v) is 9.66. The van der Waals surface area contributed by atoms with Gasteiger partial charge in [0.2, 0.25) is 0 Å². The fourth-order valence-corrected chi connectivity index (χ4v) is 2.68. The van der Waals surface area contributed by atoms with Crippen molar-refractivity contribution in [1.29, 1.82) is 0 Å². The van der Waals surface area contributed by atoms with Crippen molar-refractivity contribution in [1.82, 2.24) is 5.43 Å². The first-order chi connectivity index (χ1) is 15.9. The molecule has 0 spiro atoms. The Bertz CT molecular complexity index is 1220. The molecule has 3 aromatic rings. The molecule has 0 fully saturated rings. The Hall–Kier alpha value is -4.79. The van der Waals surface area contributed by atoms with Gasteiger partial charge in [0.25, 0.3) is 11.6 Å². The minimum absolute atomic E-state index is 0.104. The molecule has 33 heavy (non-hydrogen) atoms. The van der Waals surface area contributed by atoms with Crippen molar-refractivity contribution >= 4 is 29.9 Å². The molecule has 0 heterocycles. The van der Waals surface area contributed by atoms with Gasteiger partial charge < -0.3 is 9.47 Å². The van der Waals surface area contributed by atoms with Crippen molar-refractivity contribution in [2.24, 2.45) is 5.10 Å². The quantitative estimate of drug-likeness (QED) is 0.140. The van der Waals surface area contributed by atoms with Gasteiger partial charge in [0.1, 0.15) is 11.5 Å². The summed E-state index contributed by atoms with van der Waals surface area (Å²) in [6.45, 7) is 0. The Labute approximate surface area is 189 Å². The first-order valence-electron chi connectivity index (χ1n) is 9.66. The molecule has 1 N–H and O–H groups in total. The van der Waals surface area contributed by atoms with Crippen LogP contribution in [0.15, 0.2) is 84.0 Å². The number of nitrogens with one attached hydrogen (secondary N) is 1. The molecule has 1 amide bonds. The van der Waals surface area contributed by atoms with Gasteiger partial charge in [0.15, 0.2) is 0 Å². The fourth-order valence-electron chi connectivity index (χ4n) is 2.68. The molecule has 0 radical (unpaired) electrons. The van der Waals surface area contributed by atoms with Gasteiger partial charge in [-0.1, -0.05) is 30.3 Å². The molecule has 3 aromatic carbocycles. The van der Waals surface area contributed by atoms with Crippen LogP contribution in [0, 0.1) is 10.1 Å². The monoisotopic (exact) mass is 445 g/mol. The maximum Gasteiger partial charge on any atom is 0.336 e. The lowest BCUT2D eigenvalue weighted by molar-refractivity contribution is -0.384. The molecule has 0 unspecified atom stereocenters. The highest BCUT2D eigenvalue weighted by Crippen LogP contribution is 2.15. The molecular formula is C24H19N3O6. The predicted molar refractivity (Wildman–Crippen MR) is 122 cm³/mol. The number of carbonyl (C=O) groups excluding carboxylic acids is 2. The Balaban J connectivity index is 1.57. The minimum atomic E-state index is -0.596. The van der Waals surface area contributed by atoms with E-state index in [0.717, 1.165) is 17.4 Å². The molecule has 0 aromatic heterocycles. The molecule has 3 rings (SSSR count). The van der Waals surface area contributed by atoms with Crippen molar-refractivity contribution in [2.75, 3.05) is 7.11 Å². The number of carbonyl (C=O) groups is 2. The molecular weight excluding hydrogens is 426 g/mol. The SMILES string of the molecule is COc1ccc(C=CC(=O)Oc2cccc(C=NNC(=O)c3cccc([N+](=O)[O-])c3)c2)cc1. The fraction of sp³-hybridized carbons (Fsp3) is 0.0417. The minimum Gasteiger partial charge on any atom is -0.497 e. The van der Waals surface area contributed by atoms with E-state index in [1.54, 1.807) is 49.6 Å². The molecule has 0 aliphatic carbocycles. The summed E-state index contributed by atoms with van der Waals surface area (Å²) in [6, 6.07) is 19.0. The molecule has 0 saturated heterocycles. The van der Waals surface area contributed by atoms with Crippen LogP contribution in [0.4, 0.5) is 5.69 Å². The van der Waals surface area contributed by atoms with Crippen LogP contribution in [0.5, 0.6) is 11.5 Å². The van der Waals surface area contributed by atoms with Gasteiger partial charge in [-0.2, -0.15) is 5.10 Å². The van der Waals surface area contributed by atoms with Crippen LogP contribution in [0.3, 0.4) is 0 Å². The second kappa shape index (κ2) is 11.0. The number of ether oxygens (including phenoxy) is 2. The van der Waals surface area contributed by atoms with Gasteiger partial charge in [0, 0.05) is 23.8 Å². The largest absolute Gasteiger partial charge is 0.497 e. The summed E-state index contributed by atoms with van der Waals surface area (Å²) in [7, 11) is 1.58. The number of rotatable bonds is 8. The van der Waals surface area contributed by atoms with Crippen LogP contribution in [0.1, 0.15) is 21.5 Å². The Morgan fingerprint density at radius 2 is 1.73 bits per heavy atom. The van der Waals surface area contributed by atoms with E-state index in [2.05, 4.69) is 10.5 Å². The van der Waals surface area contributed by atoms with E-state index in [1.807, 2.05) is 12.1 Å². The summed E-state index contributed by atoms with van der Waals surface area (Å²) >= 11 is 0. The number of non-ortho nitro benzene ring substituents is 1. The number of nitro benzene ring substituents is 1. The summed E-state index contributed by atoms with van der Waals surface area (Å²) in [5, 5.41) is 14.7. The number of methoxy groups -OCH3 is 1. The number of benzene rings is 3. The third-order valence-corrected chi connectivity index (χ3v) is 4.30. The molecule has 0 atom stereocenters. The molecule has 0 aliphatic heterocycles. The van der Waals surface area contributed by atoms with Gasteiger partial charge in [-0.25, -0.2) is 10.2 Å². The van der Waals surface area contributed by atoms with E-state index >= 15 is 0 Å². The summed E-state index contributed by atoms with van der Waals surface area (Å²) in [4.78, 5) is 34.4. The number of hydrogen-bond donors (Lipinski definition) is 1. The summed E-state index contributed by atoms with van der Waals surface area (Å²) < 4.78 is 10.4. The Morgan fingerprint density at radius 1 is 0.970 bits per heavy atom. The topological polar surface area (TPSA) is 120 Å². The number of nitrogens with zero attached hydrogens (tertiary/aromatic N) is 2. The maximum atomic E-state index is 12.1. The van der Waals surface area contributed by atoms with Gasteiger partial charge >= 0.3 is 5.97 Å². The molecule has 9 nitrogen and oxygen atoms in total. The van der Waals surface area contributed by atoms with Crippen molar-refractivity contribution < 1.29 is 24.0 Å². The van der Waals surface area contributed by atoms with Gasteiger partial charge in [-0.05, 0) is 47.5 Å². The van der Waals surface area contributed by atoms with Gasteiger partial charge in [-0.15, -0.1) is 0 Å². The van der Waals surface area contributed by atoms with Crippen LogP contribution >= 0.6 is 0 Å². The molecule has 9 heteroatoms. The molecule has 0 aliphatic rings. The Morgan fingerprint density at radius 3 is 2.45 bits per heavy atom. The highest BCUT2D eigenvalue weighted by molar-refractivity contribution is 5.95. The van der Waals surface area contributed by atoms with E-state index < -0.39 is 16.8 Å². The van der Waals surface area contributed by atoms with Crippen molar-refractivity contribution in [2.45, 2.75) is 0 Å². The standard InChI is InChI=1S/C24H19N3O6/c1-32-21-11-8-17(9-12-21)10-13-23(28)33-22-7-2-4-18(14-22)16-25-26-24(29)19-5-3-6-20(15-19)27(30)31/h2-16H,1H3,(H,26,29). The summed E-state index contributed by atoms with van der Waals surface area (Å²) in [5.74, 6) is -0.136. The van der Waals surface area contributed by atoms with Crippen LogP contribution < -0.4 is 14.9 Å². The van der Waals surface area contributed by atoms with Crippen LogP contribution in [0.2, 0.25) is 0 Å². The van der Waals surface area contributed by atoms with Crippen molar-refractivity contribution in [3.8, 4) is 11.5 Å². The Kier molecular flexibility index (Phi) is 7.63. The summed E-state index contributed by atoms with van der Waals surface area (Å²) in [6.07, 6.45) is 4.29. The normalized spacial score (nSPS) is 10.8. The number of hydrazone groups is 1. The van der Waals surface area contributed by atoms with Crippen LogP contribution in [0.25, 0.3) is 6.08 Å². The van der Waals surface area contributed by atoms with Crippen molar-refractivity contribution in [3.05, 3.63) is 106 Å². The maximum absolute atomic E-state index is 12.1. The number of esters is 1. The van der Waals surface area contributed by atoms with Gasteiger partial charge in [-0.3, -0.25) is 14.9 Å². The molecule has 0 saturated carbocycles. The first kappa shape index (κ1) is 22.9. The van der Waals surface area contributed by atoms with E-state index in [0.29, 0.717) is 11.3 Å². The van der Waals surface area contributed by atoms with Crippen LogP contribution in [-0.2, 0) is 4.79 Å². The van der Waals surface area contributed by atoms with E-state index in [4.69, 9.17) is 9.47 Å². The predicted octanol–water partition coefficient (Wildman–Crippen LogP) is 3.99. The number of nitro groups is 1. The molecule has 0 bridgehead atoms. The van der Waals surface area contributed by atoms with E-state index in [9.17, 15) is 19.7 Å². The lowest BCUT2D eigenvalue weighted by atomic mass is 10.2. The number of hydrogen-bond acceptors (Lipinski definition) is 7. The average molecular weight is 445 g/mol. The third-order valence-electron chi connectivity index (χ3n) is 4.30. The van der Waals surface area contributed by atoms with Gasteiger partial charge in [0.05, 0.1) is 18.2 Å². The highest BCUT2D eigenvalue weighted by Gasteiger charge is 2.10. The highest BCUT2D eigenvalue weighted by atomic mass is 16.6. The third kappa shape index (κ3) is 6.86. The second-order valence-corrected chi connectivity index (χ2v) is 6.61. The molecule has 166 valence electrons. The van der Waals surface area contributed by atoms with E-state index in [-0.39, 0.29) is 11.3 Å². The lowest BCUT2D eigenvalue weighted by Crippen LogP contribution is -2.17. The van der Waals surface area contributed by atoms with Crippen molar-refractivity contribution in [3.63, 3.8) is 0 Å². The zero-order valence-electron chi connectivity index (χ0n) is 17.5. The smallest absolute Gasteiger partial charge is 0.336 e. The van der Waals surface area contributed by atoms with Crippen LogP contribution in [-0.4, -0.2) is 30.1 Å². The lowest BCUT2D eigenvalue weighted by Gasteiger charge is -2.03. The average Bonchev–Trinajstić information content (AvgIpc) is 2.83. The number of amides is 1.